The SMILES string of the molecule is CC(C)NC(=O)Nc1ccc(C(=O)N2CCN(C(=O)c3ccccc3OC(F)F)CC2)cc1. The lowest BCUT2D eigenvalue weighted by molar-refractivity contribution is -0.0503. The summed E-state index contributed by atoms with van der Waals surface area (Å²) in [4.78, 5) is 40.5. The van der Waals surface area contributed by atoms with Gasteiger partial charge in [0.15, 0.2) is 0 Å². The first-order valence-electron chi connectivity index (χ1n) is 10.5. The predicted molar refractivity (Wildman–Crippen MR) is 119 cm³/mol. The average molecular weight is 460 g/mol. The van der Waals surface area contributed by atoms with E-state index in [0.717, 1.165) is 0 Å². The Morgan fingerprint density at radius 1 is 0.879 bits per heavy atom. The molecular formula is C23H26F2N4O4. The lowest BCUT2D eigenvalue weighted by atomic mass is 10.1. The second kappa shape index (κ2) is 10.8. The Morgan fingerprint density at radius 3 is 2.03 bits per heavy atom. The Hall–Kier alpha value is -3.69. The number of piperazine rings is 1. The van der Waals surface area contributed by atoms with Crippen LogP contribution in [0.25, 0.3) is 0 Å². The zero-order valence-electron chi connectivity index (χ0n) is 18.4. The summed E-state index contributed by atoms with van der Waals surface area (Å²) in [5.74, 6) is -0.790. The molecule has 0 saturated carbocycles. The minimum atomic E-state index is -3.03. The third-order valence-corrected chi connectivity index (χ3v) is 5.00. The van der Waals surface area contributed by atoms with Crippen LogP contribution in [-0.2, 0) is 0 Å². The van der Waals surface area contributed by atoms with Gasteiger partial charge in [0.25, 0.3) is 11.8 Å². The molecule has 1 aliphatic rings. The number of urea groups is 1. The third kappa shape index (κ3) is 6.41. The molecule has 2 aromatic carbocycles. The number of carbonyl (C=O) groups excluding carboxylic acids is 3. The largest absolute Gasteiger partial charge is 0.434 e. The molecule has 1 heterocycles. The van der Waals surface area contributed by atoms with Crippen LogP contribution in [0.5, 0.6) is 5.75 Å². The Kier molecular flexibility index (Phi) is 7.81. The Morgan fingerprint density at radius 2 is 1.45 bits per heavy atom. The number of carbonyl (C=O) groups is 3. The lowest BCUT2D eigenvalue weighted by Crippen LogP contribution is -2.50. The minimum Gasteiger partial charge on any atom is -0.434 e. The molecule has 0 bridgehead atoms. The van der Waals surface area contributed by atoms with Gasteiger partial charge in [-0.15, -0.1) is 0 Å². The van der Waals surface area contributed by atoms with Crippen molar-refractivity contribution in [1.29, 1.82) is 0 Å². The van der Waals surface area contributed by atoms with Crippen LogP contribution in [0.15, 0.2) is 48.5 Å². The maximum Gasteiger partial charge on any atom is 0.387 e. The minimum absolute atomic E-state index is 0.00158. The quantitative estimate of drug-likeness (QED) is 0.691. The van der Waals surface area contributed by atoms with E-state index in [4.69, 9.17) is 0 Å². The summed E-state index contributed by atoms with van der Waals surface area (Å²) in [5.41, 5.74) is 1.08. The highest BCUT2D eigenvalue weighted by Crippen LogP contribution is 2.23. The number of hydrogen-bond acceptors (Lipinski definition) is 4. The van der Waals surface area contributed by atoms with E-state index < -0.39 is 12.5 Å². The Bertz CT molecular complexity index is 990. The molecule has 4 amide bonds. The van der Waals surface area contributed by atoms with Gasteiger partial charge in [0.2, 0.25) is 0 Å². The molecule has 2 aromatic rings. The van der Waals surface area contributed by atoms with Gasteiger partial charge in [0, 0.05) is 43.5 Å². The van der Waals surface area contributed by atoms with E-state index in [1.54, 1.807) is 35.2 Å². The van der Waals surface area contributed by atoms with Crippen molar-refractivity contribution >= 4 is 23.5 Å². The van der Waals surface area contributed by atoms with Gasteiger partial charge in [0.05, 0.1) is 5.56 Å². The van der Waals surface area contributed by atoms with Crippen LogP contribution < -0.4 is 15.4 Å². The van der Waals surface area contributed by atoms with Gasteiger partial charge in [-0.05, 0) is 50.2 Å². The zero-order valence-corrected chi connectivity index (χ0v) is 18.4. The molecule has 1 fully saturated rings. The number of nitrogens with one attached hydrogen (secondary N) is 2. The summed E-state index contributed by atoms with van der Waals surface area (Å²) in [6.07, 6.45) is 0. The van der Waals surface area contributed by atoms with E-state index in [1.165, 1.54) is 23.1 Å². The number of para-hydroxylation sites is 1. The molecule has 0 radical (unpaired) electrons. The number of rotatable bonds is 6. The lowest BCUT2D eigenvalue weighted by Gasteiger charge is -2.35. The van der Waals surface area contributed by atoms with Crippen molar-refractivity contribution in [2.75, 3.05) is 31.5 Å². The molecule has 8 nitrogen and oxygen atoms in total. The van der Waals surface area contributed by atoms with Crippen molar-refractivity contribution in [1.82, 2.24) is 15.1 Å². The highest BCUT2D eigenvalue weighted by atomic mass is 19.3. The topological polar surface area (TPSA) is 91.0 Å². The van der Waals surface area contributed by atoms with Crippen molar-refractivity contribution in [2.24, 2.45) is 0 Å². The molecule has 176 valence electrons. The second-order valence-electron chi connectivity index (χ2n) is 7.79. The molecule has 33 heavy (non-hydrogen) atoms. The first-order chi connectivity index (χ1) is 15.7. The number of ether oxygens (including phenoxy) is 1. The third-order valence-electron chi connectivity index (χ3n) is 5.00. The van der Waals surface area contributed by atoms with Gasteiger partial charge in [-0.1, -0.05) is 12.1 Å². The fourth-order valence-corrected chi connectivity index (χ4v) is 3.43. The smallest absolute Gasteiger partial charge is 0.387 e. The summed E-state index contributed by atoms with van der Waals surface area (Å²) >= 11 is 0. The van der Waals surface area contributed by atoms with Crippen LogP contribution in [0, 0.1) is 0 Å². The van der Waals surface area contributed by atoms with E-state index in [-0.39, 0.29) is 42.4 Å². The first kappa shape index (κ1) is 24.0. The highest BCUT2D eigenvalue weighted by Gasteiger charge is 2.27. The highest BCUT2D eigenvalue weighted by molar-refractivity contribution is 5.98. The molecule has 10 heteroatoms. The molecule has 0 unspecified atom stereocenters. The second-order valence-corrected chi connectivity index (χ2v) is 7.79. The molecule has 0 atom stereocenters. The molecular weight excluding hydrogens is 434 g/mol. The van der Waals surface area contributed by atoms with Crippen LogP contribution in [0.1, 0.15) is 34.6 Å². The van der Waals surface area contributed by atoms with Gasteiger partial charge < -0.3 is 25.2 Å². The van der Waals surface area contributed by atoms with Crippen LogP contribution in [0.3, 0.4) is 0 Å². The van der Waals surface area contributed by atoms with Gasteiger partial charge >= 0.3 is 12.6 Å². The van der Waals surface area contributed by atoms with Crippen LogP contribution in [-0.4, -0.2) is 66.5 Å². The summed E-state index contributed by atoms with van der Waals surface area (Å²) in [7, 11) is 0. The Labute approximate surface area is 190 Å². The van der Waals surface area contributed by atoms with Crippen LogP contribution in [0.2, 0.25) is 0 Å². The number of nitrogens with zero attached hydrogens (tertiary/aromatic N) is 2. The summed E-state index contributed by atoms with van der Waals surface area (Å²) in [6.45, 7) is 1.82. The molecule has 0 spiro atoms. The summed E-state index contributed by atoms with van der Waals surface area (Å²) in [6, 6.07) is 12.1. The van der Waals surface area contributed by atoms with E-state index in [0.29, 0.717) is 24.3 Å². The van der Waals surface area contributed by atoms with E-state index in [9.17, 15) is 23.2 Å². The molecule has 2 N–H and O–H groups in total. The van der Waals surface area contributed by atoms with Gasteiger partial charge in [0.1, 0.15) is 5.75 Å². The fourth-order valence-electron chi connectivity index (χ4n) is 3.43. The number of anilines is 1. The molecule has 1 aliphatic heterocycles. The zero-order chi connectivity index (χ0) is 24.0. The molecule has 0 aromatic heterocycles. The summed E-state index contributed by atoms with van der Waals surface area (Å²) < 4.78 is 29.7. The number of hydrogen-bond donors (Lipinski definition) is 2. The van der Waals surface area contributed by atoms with Crippen molar-refractivity contribution in [3.8, 4) is 5.75 Å². The van der Waals surface area contributed by atoms with Crippen LogP contribution >= 0.6 is 0 Å². The average Bonchev–Trinajstić information content (AvgIpc) is 2.78. The van der Waals surface area contributed by atoms with Crippen molar-refractivity contribution in [3.63, 3.8) is 0 Å². The van der Waals surface area contributed by atoms with E-state index >= 15 is 0 Å². The van der Waals surface area contributed by atoms with E-state index in [1.807, 2.05) is 13.8 Å². The maximum atomic E-state index is 12.8. The predicted octanol–water partition coefficient (Wildman–Crippen LogP) is 3.42. The monoisotopic (exact) mass is 460 g/mol. The normalized spacial score (nSPS) is 13.8. The molecule has 3 rings (SSSR count). The maximum absolute atomic E-state index is 12.8. The van der Waals surface area contributed by atoms with Crippen molar-refractivity contribution in [3.05, 3.63) is 59.7 Å². The Balaban J connectivity index is 1.57. The molecule has 0 aliphatic carbocycles. The first-order valence-corrected chi connectivity index (χ1v) is 10.5. The fraction of sp³-hybridized carbons (Fsp3) is 0.348. The number of alkyl halides is 2. The van der Waals surface area contributed by atoms with E-state index in [2.05, 4.69) is 15.4 Å². The van der Waals surface area contributed by atoms with Crippen LogP contribution in [0.4, 0.5) is 19.3 Å². The van der Waals surface area contributed by atoms with Crippen molar-refractivity contribution in [2.45, 2.75) is 26.5 Å². The van der Waals surface area contributed by atoms with Gasteiger partial charge in [-0.25, -0.2) is 4.79 Å². The standard InChI is InChI=1S/C23H26F2N4O4/c1-15(2)26-23(32)27-17-9-7-16(8-10-17)20(30)28-11-13-29(14-12-28)21(31)18-5-3-4-6-19(18)33-22(24)25/h3-10,15,22H,11-14H2,1-2H3,(H2,26,27,32). The number of halogens is 2. The number of benzene rings is 2. The van der Waals surface area contributed by atoms with Gasteiger partial charge in [-0.3, -0.25) is 9.59 Å². The summed E-state index contributed by atoms with van der Waals surface area (Å²) in [5, 5.41) is 5.41. The molecule has 1 saturated heterocycles. The number of amides is 4. The van der Waals surface area contributed by atoms with Crippen molar-refractivity contribution < 1.29 is 27.9 Å². The van der Waals surface area contributed by atoms with Gasteiger partial charge in [-0.2, -0.15) is 8.78 Å².